The van der Waals surface area contributed by atoms with Crippen molar-refractivity contribution in [2.45, 2.75) is 26.9 Å². The van der Waals surface area contributed by atoms with Gasteiger partial charge >= 0.3 is 5.97 Å². The van der Waals surface area contributed by atoms with Crippen LogP contribution in [0, 0.1) is 5.92 Å². The number of carbonyl (C=O) groups is 1. The second-order valence-corrected chi connectivity index (χ2v) is 4.48. The van der Waals surface area contributed by atoms with Crippen molar-refractivity contribution in [2.75, 3.05) is 13.2 Å². The molecule has 0 aromatic heterocycles. The van der Waals surface area contributed by atoms with Gasteiger partial charge < -0.3 is 9.47 Å². The summed E-state index contributed by atoms with van der Waals surface area (Å²) < 4.78 is 10.5. The molecule has 19 heavy (non-hydrogen) atoms. The minimum atomic E-state index is -0.151. The molecule has 1 atom stereocenters. The average Bonchev–Trinajstić information content (AvgIpc) is 2.46. The summed E-state index contributed by atoms with van der Waals surface area (Å²) in [5.41, 5.74) is 2.19. The van der Waals surface area contributed by atoms with E-state index >= 15 is 0 Å². The van der Waals surface area contributed by atoms with Crippen LogP contribution in [0.4, 0.5) is 0 Å². The van der Waals surface area contributed by atoms with Crippen molar-refractivity contribution in [3.8, 4) is 0 Å². The van der Waals surface area contributed by atoms with E-state index in [9.17, 15) is 4.79 Å². The number of carbonyl (C=O) groups excluding carboxylic acids is 1. The Morgan fingerprint density at radius 3 is 2.58 bits per heavy atom. The number of esters is 1. The Bertz CT molecular complexity index is 395. The number of hydrogen-bond acceptors (Lipinski definition) is 3. The third-order valence-corrected chi connectivity index (χ3v) is 2.97. The molecule has 1 aromatic rings. The molecule has 3 nitrogen and oxygen atoms in total. The van der Waals surface area contributed by atoms with E-state index in [1.54, 1.807) is 6.08 Å². The van der Waals surface area contributed by atoms with Crippen molar-refractivity contribution in [3.05, 3.63) is 42.0 Å². The minimum Gasteiger partial charge on any atom is -0.463 e. The van der Waals surface area contributed by atoms with Crippen LogP contribution in [0.15, 0.2) is 30.8 Å². The van der Waals surface area contributed by atoms with Crippen LogP contribution in [0.1, 0.15) is 31.4 Å². The number of benzene rings is 1. The molecule has 0 saturated heterocycles. The normalized spacial score (nSPS) is 11.9. The molecule has 0 aliphatic rings. The van der Waals surface area contributed by atoms with Crippen molar-refractivity contribution in [2.24, 2.45) is 5.92 Å². The number of rotatable bonds is 8. The Labute approximate surface area is 115 Å². The van der Waals surface area contributed by atoms with E-state index in [4.69, 9.17) is 9.47 Å². The lowest BCUT2D eigenvalue weighted by Gasteiger charge is -2.09. The summed E-state index contributed by atoms with van der Waals surface area (Å²) in [4.78, 5) is 11.4. The summed E-state index contributed by atoms with van der Waals surface area (Å²) >= 11 is 0. The van der Waals surface area contributed by atoms with Crippen LogP contribution in [0.3, 0.4) is 0 Å². The number of hydrogen-bond donors (Lipinski definition) is 0. The van der Waals surface area contributed by atoms with Crippen LogP contribution < -0.4 is 0 Å². The molecule has 0 fully saturated rings. The standard InChI is InChI=1S/C16H22O3/c1-4-13(3)16(17)19-11-10-18-12-15-8-6-14(5-2)7-9-15/h5-9,13H,2,4,10-12H2,1,3H3. The molecule has 0 bridgehead atoms. The van der Waals surface area contributed by atoms with Gasteiger partial charge in [-0.2, -0.15) is 0 Å². The third-order valence-electron chi connectivity index (χ3n) is 2.97. The molecule has 104 valence electrons. The predicted molar refractivity (Wildman–Crippen MR) is 76.6 cm³/mol. The molecule has 0 spiro atoms. The summed E-state index contributed by atoms with van der Waals surface area (Å²) in [6.07, 6.45) is 2.61. The molecule has 0 aliphatic carbocycles. The molecular weight excluding hydrogens is 240 g/mol. The maximum absolute atomic E-state index is 11.4. The molecule has 0 heterocycles. The topological polar surface area (TPSA) is 35.5 Å². The van der Waals surface area contributed by atoms with Crippen LogP contribution >= 0.6 is 0 Å². The summed E-state index contributed by atoms with van der Waals surface area (Å²) in [7, 11) is 0. The third kappa shape index (κ3) is 5.71. The van der Waals surface area contributed by atoms with Gasteiger partial charge in [-0.25, -0.2) is 0 Å². The first-order valence-electron chi connectivity index (χ1n) is 6.63. The molecule has 0 amide bonds. The van der Waals surface area contributed by atoms with Gasteiger partial charge in [0, 0.05) is 0 Å². The van der Waals surface area contributed by atoms with E-state index in [-0.39, 0.29) is 11.9 Å². The SMILES string of the molecule is C=Cc1ccc(COCCOC(=O)C(C)CC)cc1. The summed E-state index contributed by atoms with van der Waals surface area (Å²) in [5.74, 6) is -0.187. The first kappa shape index (κ1) is 15.4. The maximum Gasteiger partial charge on any atom is 0.308 e. The second kappa shape index (κ2) is 8.48. The van der Waals surface area contributed by atoms with Gasteiger partial charge in [0.05, 0.1) is 19.1 Å². The Morgan fingerprint density at radius 2 is 2.00 bits per heavy atom. The zero-order valence-electron chi connectivity index (χ0n) is 11.7. The average molecular weight is 262 g/mol. The molecular formula is C16H22O3. The molecule has 0 radical (unpaired) electrons. The van der Waals surface area contributed by atoms with Gasteiger partial charge in [-0.1, -0.05) is 50.8 Å². The summed E-state index contributed by atoms with van der Waals surface area (Å²) in [6.45, 7) is 8.80. The van der Waals surface area contributed by atoms with E-state index in [0.29, 0.717) is 19.8 Å². The predicted octanol–water partition coefficient (Wildman–Crippen LogP) is 3.44. The largest absolute Gasteiger partial charge is 0.463 e. The van der Waals surface area contributed by atoms with Crippen LogP contribution in [0.2, 0.25) is 0 Å². The van der Waals surface area contributed by atoms with Gasteiger partial charge in [-0.05, 0) is 17.5 Å². The Hall–Kier alpha value is -1.61. The van der Waals surface area contributed by atoms with Crippen LogP contribution in [-0.4, -0.2) is 19.2 Å². The monoisotopic (exact) mass is 262 g/mol. The molecule has 0 N–H and O–H groups in total. The van der Waals surface area contributed by atoms with Gasteiger partial charge in [0.15, 0.2) is 0 Å². The van der Waals surface area contributed by atoms with E-state index in [2.05, 4.69) is 6.58 Å². The van der Waals surface area contributed by atoms with Crippen molar-refractivity contribution < 1.29 is 14.3 Å². The van der Waals surface area contributed by atoms with Crippen molar-refractivity contribution in [1.29, 1.82) is 0 Å². The lowest BCUT2D eigenvalue weighted by atomic mass is 10.1. The second-order valence-electron chi connectivity index (χ2n) is 4.48. The first-order chi connectivity index (χ1) is 9.17. The summed E-state index contributed by atoms with van der Waals surface area (Å²) in [6, 6.07) is 7.99. The van der Waals surface area contributed by atoms with Crippen molar-refractivity contribution in [1.82, 2.24) is 0 Å². The zero-order chi connectivity index (χ0) is 14.1. The minimum absolute atomic E-state index is 0.0357. The Kier molecular flexibility index (Phi) is 6.90. The lowest BCUT2D eigenvalue weighted by Crippen LogP contribution is -2.16. The van der Waals surface area contributed by atoms with Gasteiger partial charge in [0.25, 0.3) is 0 Å². The Morgan fingerprint density at radius 1 is 1.32 bits per heavy atom. The highest BCUT2D eigenvalue weighted by Gasteiger charge is 2.10. The molecule has 1 rings (SSSR count). The highest BCUT2D eigenvalue weighted by molar-refractivity contribution is 5.71. The van der Waals surface area contributed by atoms with Crippen molar-refractivity contribution >= 4 is 12.0 Å². The fraction of sp³-hybridized carbons (Fsp3) is 0.438. The maximum atomic E-state index is 11.4. The fourth-order valence-corrected chi connectivity index (χ4v) is 1.45. The van der Waals surface area contributed by atoms with E-state index in [0.717, 1.165) is 17.5 Å². The first-order valence-corrected chi connectivity index (χ1v) is 6.63. The molecule has 0 aliphatic heterocycles. The van der Waals surface area contributed by atoms with E-state index in [1.165, 1.54) is 0 Å². The highest BCUT2D eigenvalue weighted by atomic mass is 16.6. The fourth-order valence-electron chi connectivity index (χ4n) is 1.45. The van der Waals surface area contributed by atoms with Gasteiger partial charge in [-0.3, -0.25) is 4.79 Å². The van der Waals surface area contributed by atoms with Crippen molar-refractivity contribution in [3.63, 3.8) is 0 Å². The summed E-state index contributed by atoms with van der Waals surface area (Å²) in [5, 5.41) is 0. The smallest absolute Gasteiger partial charge is 0.308 e. The van der Waals surface area contributed by atoms with Gasteiger partial charge in [-0.15, -0.1) is 0 Å². The lowest BCUT2D eigenvalue weighted by molar-refractivity contribution is -0.149. The van der Waals surface area contributed by atoms with Gasteiger partial charge in [0.1, 0.15) is 6.61 Å². The molecule has 1 unspecified atom stereocenters. The van der Waals surface area contributed by atoms with Crippen LogP contribution in [0.25, 0.3) is 6.08 Å². The zero-order valence-corrected chi connectivity index (χ0v) is 11.7. The highest BCUT2D eigenvalue weighted by Crippen LogP contribution is 2.07. The van der Waals surface area contributed by atoms with Crippen LogP contribution in [0.5, 0.6) is 0 Å². The van der Waals surface area contributed by atoms with E-state index in [1.807, 2.05) is 38.1 Å². The Balaban J connectivity index is 2.16. The molecule has 1 aromatic carbocycles. The van der Waals surface area contributed by atoms with E-state index < -0.39 is 0 Å². The molecule has 3 heteroatoms. The van der Waals surface area contributed by atoms with Crippen LogP contribution in [-0.2, 0) is 20.9 Å². The quantitative estimate of drug-likeness (QED) is 0.532. The van der Waals surface area contributed by atoms with Gasteiger partial charge in [0.2, 0.25) is 0 Å². The number of ether oxygens (including phenoxy) is 2. The molecule has 0 saturated carbocycles.